The lowest BCUT2D eigenvalue weighted by atomic mass is 10.1. The average molecular weight is 451 g/mol. The molecule has 6 nitrogen and oxygen atoms in total. The van der Waals surface area contributed by atoms with Crippen LogP contribution in [0.4, 0.5) is 4.39 Å². The first-order valence-electron chi connectivity index (χ1n) is 10.2. The average Bonchev–Trinajstić information content (AvgIpc) is 3.38. The Morgan fingerprint density at radius 1 is 1.16 bits per heavy atom. The Kier molecular flexibility index (Phi) is 6.32. The van der Waals surface area contributed by atoms with Gasteiger partial charge in [-0.1, -0.05) is 30.3 Å². The van der Waals surface area contributed by atoms with Gasteiger partial charge in [0.15, 0.2) is 0 Å². The zero-order chi connectivity index (χ0) is 22.7. The Bertz CT molecular complexity index is 1280. The molecule has 0 aliphatic rings. The van der Waals surface area contributed by atoms with E-state index >= 15 is 0 Å². The molecule has 0 spiro atoms. The highest BCUT2D eigenvalue weighted by molar-refractivity contribution is 7.12. The number of thiazole rings is 1. The van der Waals surface area contributed by atoms with Gasteiger partial charge in [-0.2, -0.15) is 4.68 Å². The van der Waals surface area contributed by atoms with Crippen LogP contribution in [0.3, 0.4) is 0 Å². The van der Waals surface area contributed by atoms with Gasteiger partial charge in [-0.15, -0.1) is 11.3 Å². The Balaban J connectivity index is 1.46. The number of nitrogens with one attached hydrogen (secondary N) is 1. The van der Waals surface area contributed by atoms with Gasteiger partial charge in [-0.25, -0.2) is 9.37 Å². The second-order valence-corrected chi connectivity index (χ2v) is 8.45. The number of H-pyrrole nitrogens is 1. The summed E-state index contributed by atoms with van der Waals surface area (Å²) in [6.45, 7) is 2.35. The van der Waals surface area contributed by atoms with Crippen molar-refractivity contribution in [2.75, 3.05) is 7.05 Å². The zero-order valence-electron chi connectivity index (χ0n) is 17.8. The number of nitrogens with zero attached hydrogens (tertiary/aromatic N) is 3. The smallest absolute Gasteiger partial charge is 0.276 e. The number of aromatic amines is 1. The van der Waals surface area contributed by atoms with Crippen molar-refractivity contribution >= 4 is 17.2 Å². The molecule has 0 bridgehead atoms. The molecule has 2 heterocycles. The lowest BCUT2D eigenvalue weighted by molar-refractivity contribution is -0.130. The summed E-state index contributed by atoms with van der Waals surface area (Å²) in [7, 11) is 1.77. The van der Waals surface area contributed by atoms with E-state index in [4.69, 9.17) is 0 Å². The van der Waals surface area contributed by atoms with Gasteiger partial charge < -0.3 is 4.90 Å². The molecule has 4 aromatic rings. The summed E-state index contributed by atoms with van der Waals surface area (Å²) < 4.78 is 14.6. The summed E-state index contributed by atoms with van der Waals surface area (Å²) in [5, 5.41) is 5.39. The van der Waals surface area contributed by atoms with Crippen molar-refractivity contribution in [1.82, 2.24) is 19.7 Å². The summed E-state index contributed by atoms with van der Waals surface area (Å²) in [5.41, 5.74) is 3.59. The molecule has 4 rings (SSSR count). The number of aromatic nitrogens is 3. The summed E-state index contributed by atoms with van der Waals surface area (Å²) in [6, 6.07) is 15.8. The molecular weight excluding hydrogens is 427 g/mol. The lowest BCUT2D eigenvalue weighted by Gasteiger charge is -2.17. The maximum atomic E-state index is 13.2. The van der Waals surface area contributed by atoms with Gasteiger partial charge in [0.1, 0.15) is 5.82 Å². The van der Waals surface area contributed by atoms with E-state index < -0.39 is 0 Å². The van der Waals surface area contributed by atoms with Crippen LogP contribution in [-0.2, 0) is 17.8 Å². The highest BCUT2D eigenvalue weighted by Gasteiger charge is 2.17. The summed E-state index contributed by atoms with van der Waals surface area (Å²) >= 11 is 1.32. The van der Waals surface area contributed by atoms with Crippen molar-refractivity contribution in [3.05, 3.63) is 93.0 Å². The van der Waals surface area contributed by atoms with Crippen LogP contribution in [0.2, 0.25) is 0 Å². The largest absolute Gasteiger partial charge is 0.341 e. The number of hydrogen-bond donors (Lipinski definition) is 1. The number of carbonyl (C=O) groups is 1. The summed E-state index contributed by atoms with van der Waals surface area (Å²) in [4.78, 5) is 31.7. The van der Waals surface area contributed by atoms with Crippen LogP contribution in [0.15, 0.2) is 64.8 Å². The maximum Gasteiger partial charge on any atom is 0.276 e. The molecule has 164 valence electrons. The molecule has 0 saturated carbocycles. The number of carbonyl (C=O) groups excluding carboxylic acids is 1. The van der Waals surface area contributed by atoms with Crippen molar-refractivity contribution in [2.24, 2.45) is 0 Å². The third kappa shape index (κ3) is 4.70. The van der Waals surface area contributed by atoms with Gasteiger partial charge in [0, 0.05) is 42.2 Å². The molecule has 8 heteroatoms. The number of aryl methyl sites for hydroxylation is 1. The zero-order valence-corrected chi connectivity index (χ0v) is 18.7. The van der Waals surface area contributed by atoms with Crippen LogP contribution >= 0.6 is 11.3 Å². The molecule has 1 N–H and O–H groups in total. The number of amides is 1. The van der Waals surface area contributed by atoms with Gasteiger partial charge in [-0.3, -0.25) is 14.7 Å². The quantitative estimate of drug-likeness (QED) is 0.456. The monoisotopic (exact) mass is 450 g/mol. The topological polar surface area (TPSA) is 71.0 Å². The fourth-order valence-corrected chi connectivity index (χ4v) is 4.29. The molecule has 2 aromatic carbocycles. The fourth-order valence-electron chi connectivity index (χ4n) is 3.50. The van der Waals surface area contributed by atoms with Crippen molar-refractivity contribution in [1.29, 1.82) is 0 Å². The van der Waals surface area contributed by atoms with E-state index in [1.54, 1.807) is 24.1 Å². The molecular formula is C24H23FN4O2S. The van der Waals surface area contributed by atoms with E-state index in [1.807, 2.05) is 42.6 Å². The Hall–Kier alpha value is -3.52. The molecule has 0 aliphatic heterocycles. The third-order valence-corrected chi connectivity index (χ3v) is 6.12. The molecule has 0 saturated heterocycles. The Labute approximate surface area is 189 Å². The molecule has 0 radical (unpaired) electrons. The molecule has 0 unspecified atom stereocenters. The van der Waals surface area contributed by atoms with Crippen molar-refractivity contribution in [2.45, 2.75) is 26.3 Å². The van der Waals surface area contributed by atoms with Crippen molar-refractivity contribution in [3.8, 4) is 16.4 Å². The number of halogens is 1. The minimum absolute atomic E-state index is 0.0201. The third-order valence-electron chi connectivity index (χ3n) is 5.29. The first-order chi connectivity index (χ1) is 15.4. The predicted molar refractivity (Wildman–Crippen MR) is 123 cm³/mol. The molecule has 0 fully saturated rings. The van der Waals surface area contributed by atoms with Gasteiger partial charge in [0.2, 0.25) is 11.0 Å². The van der Waals surface area contributed by atoms with Crippen molar-refractivity contribution in [3.63, 3.8) is 0 Å². The second kappa shape index (κ2) is 9.32. The normalized spacial score (nSPS) is 11.0. The van der Waals surface area contributed by atoms with Gasteiger partial charge in [0.25, 0.3) is 5.56 Å². The Morgan fingerprint density at radius 2 is 1.88 bits per heavy atom. The number of rotatable bonds is 7. The molecule has 32 heavy (non-hydrogen) atoms. The van der Waals surface area contributed by atoms with Crippen LogP contribution < -0.4 is 5.56 Å². The number of benzene rings is 2. The van der Waals surface area contributed by atoms with Crippen LogP contribution in [0, 0.1) is 12.7 Å². The predicted octanol–water partition coefficient (Wildman–Crippen LogP) is 4.33. The van der Waals surface area contributed by atoms with E-state index in [0.717, 1.165) is 11.1 Å². The van der Waals surface area contributed by atoms with Crippen LogP contribution in [0.5, 0.6) is 0 Å². The highest BCUT2D eigenvalue weighted by Crippen LogP contribution is 2.24. The molecule has 0 atom stereocenters. The van der Waals surface area contributed by atoms with E-state index in [0.29, 0.717) is 35.0 Å². The minimum atomic E-state index is -0.311. The van der Waals surface area contributed by atoms with Crippen LogP contribution in [0.1, 0.15) is 23.2 Å². The fraction of sp³-hybridized carbons (Fsp3) is 0.208. The number of hydrogen-bond acceptors (Lipinski definition) is 4. The van der Waals surface area contributed by atoms with Crippen LogP contribution in [0.25, 0.3) is 16.4 Å². The SMILES string of the molecule is Cc1[nH]n(-c2nc(-c3ccc(F)cc3)cs2)c(=O)c1CCC(=O)N(C)Cc1ccccc1. The van der Waals surface area contributed by atoms with E-state index in [2.05, 4.69) is 10.1 Å². The van der Waals surface area contributed by atoms with Crippen molar-refractivity contribution < 1.29 is 9.18 Å². The molecule has 1 amide bonds. The van der Waals surface area contributed by atoms with Gasteiger partial charge >= 0.3 is 0 Å². The Morgan fingerprint density at radius 3 is 2.59 bits per heavy atom. The first kappa shape index (κ1) is 21.7. The lowest BCUT2D eigenvalue weighted by Crippen LogP contribution is -2.27. The van der Waals surface area contributed by atoms with E-state index in [1.165, 1.54) is 28.2 Å². The van der Waals surface area contributed by atoms with Crippen LogP contribution in [-0.4, -0.2) is 32.6 Å². The summed E-state index contributed by atoms with van der Waals surface area (Å²) in [6.07, 6.45) is 0.596. The van der Waals surface area contributed by atoms with Gasteiger partial charge in [0.05, 0.1) is 5.69 Å². The van der Waals surface area contributed by atoms with Gasteiger partial charge in [-0.05, 0) is 43.2 Å². The minimum Gasteiger partial charge on any atom is -0.341 e. The second-order valence-electron chi connectivity index (χ2n) is 7.61. The first-order valence-corrected chi connectivity index (χ1v) is 11.1. The van der Waals surface area contributed by atoms with E-state index in [9.17, 15) is 14.0 Å². The molecule has 2 aromatic heterocycles. The van der Waals surface area contributed by atoms with E-state index in [-0.39, 0.29) is 23.7 Å². The standard InChI is InChI=1S/C24H23FN4O2S/c1-16-20(12-13-22(30)28(2)14-17-6-4-3-5-7-17)23(31)29(27-16)24-26-21(15-32-24)18-8-10-19(25)11-9-18/h3-11,15,27H,12-14H2,1-2H3. The maximum absolute atomic E-state index is 13.2. The highest BCUT2D eigenvalue weighted by atomic mass is 32.1. The summed E-state index contributed by atoms with van der Waals surface area (Å²) in [5.74, 6) is -0.331. The molecule has 0 aliphatic carbocycles.